The molecule has 4 aromatic rings. The number of hydrogen-bond donors (Lipinski definition) is 0. The Hall–Kier alpha value is -2.31. The van der Waals surface area contributed by atoms with E-state index >= 15 is 0 Å². The van der Waals surface area contributed by atoms with Crippen molar-refractivity contribution < 1.29 is 4.42 Å². The molecule has 0 saturated carbocycles. The van der Waals surface area contributed by atoms with Crippen LogP contribution >= 0.6 is 23.4 Å². The Bertz CT molecular complexity index is 960. The zero-order chi connectivity index (χ0) is 16.5. The van der Waals surface area contributed by atoms with Gasteiger partial charge in [-0.25, -0.2) is 4.98 Å². The molecule has 0 aliphatic carbocycles. The summed E-state index contributed by atoms with van der Waals surface area (Å²) in [6.45, 7) is 0. The van der Waals surface area contributed by atoms with Crippen LogP contribution < -0.4 is 0 Å². The second-order valence-electron chi connectivity index (χ2n) is 5.24. The lowest BCUT2D eigenvalue weighted by molar-refractivity contribution is 0.555. The van der Waals surface area contributed by atoms with Crippen molar-refractivity contribution in [2.75, 3.05) is 0 Å². The van der Waals surface area contributed by atoms with Crippen molar-refractivity contribution in [3.8, 4) is 11.4 Å². The summed E-state index contributed by atoms with van der Waals surface area (Å²) >= 11 is 7.47. The van der Waals surface area contributed by atoms with Gasteiger partial charge in [-0.2, -0.15) is 0 Å². The fourth-order valence-electron chi connectivity index (χ4n) is 2.40. The van der Waals surface area contributed by atoms with E-state index in [9.17, 15) is 0 Å². The van der Waals surface area contributed by atoms with E-state index in [0.29, 0.717) is 16.7 Å². The lowest BCUT2D eigenvalue weighted by Gasteiger charge is -2.03. The molecule has 120 valence electrons. The van der Waals surface area contributed by atoms with Gasteiger partial charge in [-0.15, -0.1) is 10.2 Å². The van der Waals surface area contributed by atoms with Crippen molar-refractivity contribution in [2.45, 2.75) is 10.9 Å². The van der Waals surface area contributed by atoms with E-state index in [2.05, 4.69) is 15.2 Å². The van der Waals surface area contributed by atoms with Crippen molar-refractivity contribution >= 4 is 34.5 Å². The van der Waals surface area contributed by atoms with Gasteiger partial charge in [-0.1, -0.05) is 35.5 Å². The van der Waals surface area contributed by atoms with E-state index in [-0.39, 0.29) is 0 Å². The predicted octanol–water partition coefficient (Wildman–Crippen LogP) is 4.57. The lowest BCUT2D eigenvalue weighted by Crippen LogP contribution is -1.95. The molecule has 0 bridgehead atoms. The number of oxazole rings is 1. The molecular formula is C17H13ClN4OS. The van der Waals surface area contributed by atoms with Gasteiger partial charge in [0.2, 0.25) is 5.89 Å². The van der Waals surface area contributed by atoms with Crippen LogP contribution in [0.2, 0.25) is 5.02 Å². The maximum atomic E-state index is 5.93. The summed E-state index contributed by atoms with van der Waals surface area (Å²) < 4.78 is 7.69. The minimum absolute atomic E-state index is 0.598. The fraction of sp³-hybridized carbons (Fsp3) is 0.118. The third-order valence-corrected chi connectivity index (χ3v) is 4.86. The highest BCUT2D eigenvalue weighted by Crippen LogP contribution is 2.27. The van der Waals surface area contributed by atoms with E-state index in [1.807, 2.05) is 60.1 Å². The SMILES string of the molecule is Cn1c(SCc2nc3ccccc3o2)nnc1-c1ccc(Cl)cc1. The average Bonchev–Trinajstić information content (AvgIpc) is 3.17. The fourth-order valence-corrected chi connectivity index (χ4v) is 3.28. The number of nitrogens with zero attached hydrogens (tertiary/aromatic N) is 4. The molecule has 4 rings (SSSR count). The zero-order valence-corrected chi connectivity index (χ0v) is 14.4. The summed E-state index contributed by atoms with van der Waals surface area (Å²) in [4.78, 5) is 4.47. The number of benzene rings is 2. The number of rotatable bonds is 4. The average molecular weight is 357 g/mol. The number of thioether (sulfide) groups is 1. The second kappa shape index (κ2) is 6.30. The van der Waals surface area contributed by atoms with Crippen LogP contribution in [0, 0.1) is 0 Å². The van der Waals surface area contributed by atoms with Gasteiger partial charge in [-0.05, 0) is 36.4 Å². The van der Waals surface area contributed by atoms with Gasteiger partial charge in [0.05, 0.1) is 5.75 Å². The molecule has 0 atom stereocenters. The summed E-state index contributed by atoms with van der Waals surface area (Å²) in [5, 5.41) is 10.0. The predicted molar refractivity (Wildman–Crippen MR) is 95.0 cm³/mol. The minimum atomic E-state index is 0.598. The van der Waals surface area contributed by atoms with Crippen LogP contribution in [0.4, 0.5) is 0 Å². The zero-order valence-electron chi connectivity index (χ0n) is 12.8. The van der Waals surface area contributed by atoms with Crippen LogP contribution in [0.5, 0.6) is 0 Å². The lowest BCUT2D eigenvalue weighted by atomic mass is 10.2. The number of para-hydroxylation sites is 2. The van der Waals surface area contributed by atoms with Crippen molar-refractivity contribution in [2.24, 2.45) is 7.05 Å². The van der Waals surface area contributed by atoms with Gasteiger partial charge in [0.25, 0.3) is 0 Å². The molecular weight excluding hydrogens is 344 g/mol. The molecule has 0 N–H and O–H groups in total. The highest BCUT2D eigenvalue weighted by Gasteiger charge is 2.13. The highest BCUT2D eigenvalue weighted by atomic mass is 35.5. The first-order valence-corrected chi connectivity index (χ1v) is 8.69. The second-order valence-corrected chi connectivity index (χ2v) is 6.62. The van der Waals surface area contributed by atoms with Crippen LogP contribution in [0.1, 0.15) is 5.89 Å². The molecule has 0 aliphatic rings. The molecule has 0 fully saturated rings. The van der Waals surface area contributed by atoms with E-state index < -0.39 is 0 Å². The standard InChI is InChI=1S/C17H13ClN4OS/c1-22-16(11-6-8-12(18)9-7-11)20-21-17(22)24-10-15-19-13-4-2-3-5-14(13)23-15/h2-9H,10H2,1H3. The van der Waals surface area contributed by atoms with Crippen molar-refractivity contribution in [1.82, 2.24) is 19.7 Å². The van der Waals surface area contributed by atoms with Gasteiger partial charge in [0, 0.05) is 17.6 Å². The Morgan fingerprint density at radius 1 is 1.08 bits per heavy atom. The first-order chi connectivity index (χ1) is 11.7. The summed E-state index contributed by atoms with van der Waals surface area (Å²) in [7, 11) is 1.94. The monoisotopic (exact) mass is 356 g/mol. The Morgan fingerprint density at radius 2 is 1.88 bits per heavy atom. The van der Waals surface area contributed by atoms with Crippen LogP contribution in [-0.2, 0) is 12.8 Å². The van der Waals surface area contributed by atoms with E-state index in [1.54, 1.807) is 11.8 Å². The molecule has 0 aliphatic heterocycles. The summed E-state index contributed by atoms with van der Waals surface area (Å²) in [5.74, 6) is 2.07. The first-order valence-electron chi connectivity index (χ1n) is 7.33. The molecule has 2 aromatic carbocycles. The smallest absolute Gasteiger partial charge is 0.205 e. The van der Waals surface area contributed by atoms with E-state index in [1.165, 1.54) is 0 Å². The van der Waals surface area contributed by atoms with Gasteiger partial charge in [0.1, 0.15) is 5.52 Å². The van der Waals surface area contributed by atoms with Gasteiger partial charge in [0.15, 0.2) is 16.6 Å². The van der Waals surface area contributed by atoms with Crippen molar-refractivity contribution in [3.05, 3.63) is 59.4 Å². The summed E-state index contributed by atoms with van der Waals surface area (Å²) in [5.41, 5.74) is 2.64. The number of fused-ring (bicyclic) bond motifs is 1. The Balaban J connectivity index is 1.54. The van der Waals surface area contributed by atoms with Crippen LogP contribution in [-0.4, -0.2) is 19.7 Å². The number of halogens is 1. The van der Waals surface area contributed by atoms with Crippen LogP contribution in [0.3, 0.4) is 0 Å². The molecule has 0 spiro atoms. The molecule has 24 heavy (non-hydrogen) atoms. The Kier molecular flexibility index (Phi) is 4.00. The normalized spacial score (nSPS) is 11.2. The summed E-state index contributed by atoms with van der Waals surface area (Å²) in [6, 6.07) is 15.3. The largest absolute Gasteiger partial charge is 0.440 e. The van der Waals surface area contributed by atoms with Crippen LogP contribution in [0.25, 0.3) is 22.5 Å². The highest BCUT2D eigenvalue weighted by molar-refractivity contribution is 7.98. The van der Waals surface area contributed by atoms with Crippen molar-refractivity contribution in [3.63, 3.8) is 0 Å². The van der Waals surface area contributed by atoms with Gasteiger partial charge >= 0.3 is 0 Å². The quantitative estimate of drug-likeness (QED) is 0.501. The Morgan fingerprint density at radius 3 is 2.67 bits per heavy atom. The molecule has 7 heteroatoms. The maximum absolute atomic E-state index is 5.93. The van der Waals surface area contributed by atoms with Gasteiger partial charge < -0.3 is 8.98 Å². The number of hydrogen-bond acceptors (Lipinski definition) is 5. The first kappa shape index (κ1) is 15.2. The Labute approximate surface area is 147 Å². The topological polar surface area (TPSA) is 56.7 Å². The number of aromatic nitrogens is 4. The van der Waals surface area contributed by atoms with Gasteiger partial charge in [-0.3, -0.25) is 0 Å². The van der Waals surface area contributed by atoms with E-state index in [4.69, 9.17) is 16.0 Å². The molecule has 0 unspecified atom stereocenters. The molecule has 2 aromatic heterocycles. The maximum Gasteiger partial charge on any atom is 0.205 e. The van der Waals surface area contributed by atoms with Crippen molar-refractivity contribution in [1.29, 1.82) is 0 Å². The molecule has 5 nitrogen and oxygen atoms in total. The third-order valence-electron chi connectivity index (χ3n) is 3.60. The van der Waals surface area contributed by atoms with Crippen LogP contribution in [0.15, 0.2) is 58.1 Å². The molecule has 0 amide bonds. The third kappa shape index (κ3) is 2.90. The summed E-state index contributed by atoms with van der Waals surface area (Å²) in [6.07, 6.45) is 0. The molecule has 0 radical (unpaired) electrons. The molecule has 2 heterocycles. The van der Waals surface area contributed by atoms with E-state index in [0.717, 1.165) is 27.6 Å². The minimum Gasteiger partial charge on any atom is -0.440 e. The molecule has 0 saturated heterocycles.